The van der Waals surface area contributed by atoms with Crippen molar-refractivity contribution in [3.8, 4) is 0 Å². The standard InChI is InChI=1S/C21H41BrSi4/c1-19(20-15-12-11-13-16-20)21(17-14-18-22)26(23(2,3)4,24(5,6)7)25(8,9)10/h11-16,18-19,21H,17H2,1-10H3/b18-14-/t19-,21-/m1/s1. The van der Waals surface area contributed by atoms with Crippen molar-refractivity contribution in [1.29, 1.82) is 0 Å². The molecule has 0 aliphatic rings. The van der Waals surface area contributed by atoms with E-state index < -0.39 is 29.4 Å². The molecule has 0 saturated carbocycles. The lowest BCUT2D eigenvalue weighted by Gasteiger charge is -2.62. The summed E-state index contributed by atoms with van der Waals surface area (Å²) in [5.41, 5.74) is 2.40. The maximum absolute atomic E-state index is 3.57. The molecule has 0 heterocycles. The first kappa shape index (κ1) is 24.3. The third kappa shape index (κ3) is 4.65. The fourth-order valence-corrected chi connectivity index (χ4v) is 113. The lowest BCUT2D eigenvalue weighted by atomic mass is 9.96. The third-order valence-corrected chi connectivity index (χ3v) is 81.0. The SMILES string of the molecule is C[C@H](c1ccccc1)[C@@H](C/C=C\Br)[Si]([Si](C)(C)C)([Si](C)(C)C)[Si](C)(C)C. The first-order valence-corrected chi connectivity index (χ1v) is 26.5. The number of benzene rings is 1. The number of halogens is 1. The van der Waals surface area contributed by atoms with E-state index in [0.29, 0.717) is 5.92 Å². The van der Waals surface area contributed by atoms with E-state index in [1.807, 2.05) is 0 Å². The van der Waals surface area contributed by atoms with Crippen molar-refractivity contribution < 1.29 is 0 Å². The highest BCUT2D eigenvalue weighted by Gasteiger charge is 2.65. The molecule has 0 amide bonds. The molecule has 2 atom stereocenters. The summed E-state index contributed by atoms with van der Waals surface area (Å²) in [6, 6.07) is 11.3. The molecule has 0 saturated heterocycles. The number of hydrogen-bond donors (Lipinski definition) is 0. The van der Waals surface area contributed by atoms with Crippen molar-refractivity contribution in [3.63, 3.8) is 0 Å². The van der Waals surface area contributed by atoms with Crippen molar-refractivity contribution in [2.75, 3.05) is 0 Å². The number of rotatable bonds is 8. The van der Waals surface area contributed by atoms with Gasteiger partial charge in [-0.05, 0) is 28.4 Å². The van der Waals surface area contributed by atoms with Crippen molar-refractivity contribution >= 4 is 45.3 Å². The van der Waals surface area contributed by atoms with Gasteiger partial charge >= 0.3 is 0 Å². The summed E-state index contributed by atoms with van der Waals surface area (Å²) < 4.78 is 0. The fraction of sp³-hybridized carbons (Fsp3) is 0.619. The highest BCUT2D eigenvalue weighted by atomic mass is 79.9. The predicted molar refractivity (Wildman–Crippen MR) is 137 cm³/mol. The monoisotopic (exact) mass is 484 g/mol. The van der Waals surface area contributed by atoms with Crippen molar-refractivity contribution in [2.24, 2.45) is 0 Å². The highest BCUT2D eigenvalue weighted by molar-refractivity contribution is 9.11. The van der Waals surface area contributed by atoms with E-state index in [2.05, 4.69) is 123 Å². The average molecular weight is 486 g/mol. The van der Waals surface area contributed by atoms with E-state index in [1.54, 1.807) is 5.56 Å². The van der Waals surface area contributed by atoms with Crippen LogP contribution < -0.4 is 0 Å². The molecule has 1 aromatic carbocycles. The Kier molecular flexibility index (Phi) is 8.21. The Morgan fingerprint density at radius 1 is 0.808 bits per heavy atom. The normalized spacial score (nSPS) is 16.7. The van der Waals surface area contributed by atoms with Gasteiger partial charge in [-0.3, -0.25) is 0 Å². The molecule has 1 aromatic rings. The molecule has 148 valence electrons. The molecule has 0 nitrogen and oxygen atoms in total. The Morgan fingerprint density at radius 2 is 1.23 bits per heavy atom. The molecule has 0 N–H and O–H groups in total. The number of allylic oxidation sites excluding steroid dienone is 1. The van der Waals surface area contributed by atoms with Gasteiger partial charge in [0.15, 0.2) is 0 Å². The van der Waals surface area contributed by atoms with Gasteiger partial charge in [0.25, 0.3) is 0 Å². The zero-order chi connectivity index (χ0) is 20.4. The van der Waals surface area contributed by atoms with E-state index in [1.165, 1.54) is 6.42 Å². The quantitative estimate of drug-likeness (QED) is 0.326. The average Bonchev–Trinajstić information content (AvgIpc) is 2.47. The van der Waals surface area contributed by atoms with E-state index in [0.717, 1.165) is 5.54 Å². The molecule has 1 rings (SSSR count). The summed E-state index contributed by atoms with van der Waals surface area (Å²) in [6.45, 7) is 25.5. The van der Waals surface area contributed by atoms with E-state index >= 15 is 0 Å². The second-order valence-corrected chi connectivity index (χ2v) is 52.4. The Hall–Kier alpha value is 0.308. The van der Waals surface area contributed by atoms with Crippen LogP contribution in [0.4, 0.5) is 0 Å². The maximum Gasteiger partial charge on any atom is 0.0416 e. The molecule has 0 aliphatic carbocycles. The lowest BCUT2D eigenvalue weighted by molar-refractivity contribution is 0.678. The molecule has 0 aliphatic heterocycles. The predicted octanol–water partition coefficient (Wildman–Crippen LogP) is 8.16. The van der Waals surface area contributed by atoms with Crippen LogP contribution in [0.15, 0.2) is 41.4 Å². The van der Waals surface area contributed by atoms with Gasteiger partial charge in [0.1, 0.15) is 0 Å². The maximum atomic E-state index is 3.57. The molecule has 0 fully saturated rings. The van der Waals surface area contributed by atoms with E-state index in [4.69, 9.17) is 0 Å². The summed E-state index contributed by atoms with van der Waals surface area (Å²) in [7, 11) is -3.91. The molecular weight excluding hydrogens is 444 g/mol. The van der Waals surface area contributed by atoms with Crippen LogP contribution in [0.3, 0.4) is 0 Å². The first-order valence-electron chi connectivity index (χ1n) is 10.0. The van der Waals surface area contributed by atoms with Gasteiger partial charge < -0.3 is 0 Å². The van der Waals surface area contributed by atoms with Gasteiger partial charge in [-0.1, -0.05) is 118 Å². The summed E-state index contributed by atoms with van der Waals surface area (Å²) in [4.78, 5) is 2.11. The Balaban J connectivity index is 3.78. The van der Waals surface area contributed by atoms with Crippen LogP contribution in [-0.2, 0) is 0 Å². The largest absolute Gasteiger partial charge is 0.0776 e. The zero-order valence-electron chi connectivity index (χ0n) is 18.8. The minimum absolute atomic E-state index is 0.650. The fourth-order valence-electron chi connectivity index (χ4n) is 6.99. The minimum Gasteiger partial charge on any atom is -0.0776 e. The summed E-state index contributed by atoms with van der Waals surface area (Å²) in [5.74, 6) is 0.650. The minimum atomic E-state index is -1.47. The molecule has 5 heteroatoms. The van der Waals surface area contributed by atoms with Crippen LogP contribution in [0, 0.1) is 0 Å². The molecule has 0 unspecified atom stereocenters. The zero-order valence-corrected chi connectivity index (χ0v) is 24.4. The third-order valence-electron chi connectivity index (χ3n) is 6.51. The Labute approximate surface area is 175 Å². The highest BCUT2D eigenvalue weighted by Crippen LogP contribution is 2.52. The summed E-state index contributed by atoms with van der Waals surface area (Å²) >= 11 is 3.57. The van der Waals surface area contributed by atoms with E-state index in [-0.39, 0.29) is 0 Å². The van der Waals surface area contributed by atoms with Gasteiger partial charge in [0.05, 0.1) is 0 Å². The number of hydrogen-bond acceptors (Lipinski definition) is 0. The van der Waals surface area contributed by atoms with Crippen LogP contribution >= 0.6 is 15.9 Å². The van der Waals surface area contributed by atoms with Crippen LogP contribution in [0.5, 0.6) is 0 Å². The molecule has 0 aromatic heterocycles. The summed E-state index contributed by atoms with van der Waals surface area (Å²) in [5, 5.41) is 0. The Bertz CT molecular complexity index is 555. The second kappa shape index (κ2) is 8.76. The molecule has 0 spiro atoms. The smallest absolute Gasteiger partial charge is 0.0416 e. The van der Waals surface area contributed by atoms with Crippen LogP contribution in [0.25, 0.3) is 0 Å². The van der Waals surface area contributed by atoms with Gasteiger partial charge in [-0.2, -0.15) is 0 Å². The summed E-state index contributed by atoms with van der Waals surface area (Å²) in [6.07, 6.45) is 3.65. The first-order chi connectivity index (χ1) is 11.7. The second-order valence-electron chi connectivity index (χ2n) is 11.0. The molecule has 26 heavy (non-hydrogen) atoms. The molecule has 0 bridgehead atoms. The topological polar surface area (TPSA) is 0 Å². The van der Waals surface area contributed by atoms with Gasteiger partial charge in [-0.15, -0.1) is 0 Å². The molecule has 0 radical (unpaired) electrons. The van der Waals surface area contributed by atoms with Gasteiger partial charge in [0.2, 0.25) is 0 Å². The van der Waals surface area contributed by atoms with Crippen molar-refractivity contribution in [2.45, 2.75) is 83.7 Å². The molecular formula is C21H41BrSi4. The van der Waals surface area contributed by atoms with Crippen LogP contribution in [0.1, 0.15) is 24.8 Å². The van der Waals surface area contributed by atoms with Crippen LogP contribution in [0.2, 0.25) is 64.5 Å². The van der Waals surface area contributed by atoms with Gasteiger partial charge in [0, 0.05) is 29.4 Å². The van der Waals surface area contributed by atoms with Crippen molar-refractivity contribution in [3.05, 3.63) is 47.0 Å². The van der Waals surface area contributed by atoms with Gasteiger partial charge in [-0.25, -0.2) is 0 Å². The van der Waals surface area contributed by atoms with Crippen molar-refractivity contribution in [1.82, 2.24) is 0 Å². The van der Waals surface area contributed by atoms with E-state index in [9.17, 15) is 0 Å². The Morgan fingerprint density at radius 3 is 1.58 bits per heavy atom. The lowest BCUT2D eigenvalue weighted by Crippen LogP contribution is -2.85. The van der Waals surface area contributed by atoms with Crippen LogP contribution in [-0.4, -0.2) is 29.4 Å².